The standard InChI is InChI=1S/C22H27N7O2/c1-27-14-26-19-20(27)24-13-25-21(19)28-9-16-11-29(12-17(16)10-28)22(30)23-8-7-15-3-5-18(31-2)6-4-15/h3-6,13-14,16-17H,7-12H2,1-2H3,(H,23,30). The van der Waals surface area contributed by atoms with Crippen molar-refractivity contribution in [2.24, 2.45) is 18.9 Å². The van der Waals surface area contributed by atoms with Gasteiger partial charge in [-0.3, -0.25) is 0 Å². The highest BCUT2D eigenvalue weighted by atomic mass is 16.5. The Labute approximate surface area is 181 Å². The normalized spacial score (nSPS) is 20.3. The second-order valence-electron chi connectivity index (χ2n) is 8.39. The van der Waals surface area contributed by atoms with Gasteiger partial charge in [0, 0.05) is 51.6 Å². The van der Waals surface area contributed by atoms with Crippen LogP contribution in [0.15, 0.2) is 36.9 Å². The van der Waals surface area contributed by atoms with E-state index in [1.165, 1.54) is 5.56 Å². The van der Waals surface area contributed by atoms with E-state index in [2.05, 4.69) is 25.2 Å². The fourth-order valence-corrected chi connectivity index (χ4v) is 4.71. The van der Waals surface area contributed by atoms with Crippen LogP contribution in [-0.2, 0) is 13.5 Å². The number of aryl methyl sites for hydroxylation is 1. The number of nitrogens with one attached hydrogen (secondary N) is 1. The first kappa shape index (κ1) is 19.6. The Bertz CT molecular complexity index is 1070. The van der Waals surface area contributed by atoms with Crippen molar-refractivity contribution in [3.8, 4) is 5.75 Å². The molecule has 2 atom stereocenters. The maximum Gasteiger partial charge on any atom is 0.317 e. The fraction of sp³-hybridized carbons (Fsp3) is 0.455. The van der Waals surface area contributed by atoms with Crippen LogP contribution in [0, 0.1) is 11.8 Å². The summed E-state index contributed by atoms with van der Waals surface area (Å²) in [6, 6.07) is 7.99. The number of carbonyl (C=O) groups is 1. The molecule has 0 saturated carbocycles. The fourth-order valence-electron chi connectivity index (χ4n) is 4.71. The molecule has 2 saturated heterocycles. The van der Waals surface area contributed by atoms with Gasteiger partial charge in [0.2, 0.25) is 0 Å². The highest BCUT2D eigenvalue weighted by Crippen LogP contribution is 2.35. The number of likely N-dealkylation sites (tertiary alicyclic amines) is 1. The van der Waals surface area contributed by atoms with E-state index in [-0.39, 0.29) is 6.03 Å². The zero-order valence-corrected chi connectivity index (χ0v) is 17.9. The summed E-state index contributed by atoms with van der Waals surface area (Å²) >= 11 is 0. The molecule has 5 rings (SSSR count). The zero-order valence-electron chi connectivity index (χ0n) is 17.9. The van der Waals surface area contributed by atoms with Gasteiger partial charge in [-0.1, -0.05) is 12.1 Å². The molecular weight excluding hydrogens is 394 g/mol. The Morgan fingerprint density at radius 1 is 1.10 bits per heavy atom. The van der Waals surface area contributed by atoms with E-state index in [0.29, 0.717) is 18.4 Å². The average Bonchev–Trinajstić information content (AvgIpc) is 3.47. The first-order chi connectivity index (χ1) is 15.1. The Hall–Kier alpha value is -3.36. The van der Waals surface area contributed by atoms with Crippen LogP contribution in [0.1, 0.15) is 5.56 Å². The number of carbonyl (C=O) groups excluding carboxylic acids is 1. The lowest BCUT2D eigenvalue weighted by Gasteiger charge is -2.22. The summed E-state index contributed by atoms with van der Waals surface area (Å²) in [7, 11) is 3.60. The number of aromatic nitrogens is 4. The molecule has 2 unspecified atom stereocenters. The molecule has 1 aromatic carbocycles. The monoisotopic (exact) mass is 421 g/mol. The molecule has 0 aliphatic carbocycles. The van der Waals surface area contributed by atoms with Crippen molar-refractivity contribution in [1.82, 2.24) is 29.7 Å². The smallest absolute Gasteiger partial charge is 0.317 e. The predicted molar refractivity (Wildman–Crippen MR) is 117 cm³/mol. The third-order valence-corrected chi connectivity index (χ3v) is 6.40. The molecule has 0 radical (unpaired) electrons. The molecule has 9 heteroatoms. The number of anilines is 1. The van der Waals surface area contributed by atoms with Crippen LogP contribution in [0.4, 0.5) is 10.6 Å². The molecule has 2 aliphatic rings. The van der Waals surface area contributed by atoms with E-state index in [9.17, 15) is 4.79 Å². The minimum atomic E-state index is 0.0311. The predicted octanol–water partition coefficient (Wildman–Crippen LogP) is 1.69. The molecule has 2 aromatic heterocycles. The Balaban J connectivity index is 1.14. The number of methoxy groups -OCH3 is 1. The minimum Gasteiger partial charge on any atom is -0.497 e. The molecule has 0 bridgehead atoms. The van der Waals surface area contributed by atoms with E-state index in [0.717, 1.165) is 55.3 Å². The van der Waals surface area contributed by atoms with E-state index in [1.807, 2.05) is 40.8 Å². The number of hydrogen-bond acceptors (Lipinski definition) is 6. The van der Waals surface area contributed by atoms with Crippen LogP contribution in [0.25, 0.3) is 11.2 Å². The van der Waals surface area contributed by atoms with Gasteiger partial charge in [0.15, 0.2) is 17.0 Å². The number of urea groups is 1. The van der Waals surface area contributed by atoms with Crippen LogP contribution in [0.3, 0.4) is 0 Å². The maximum atomic E-state index is 12.6. The van der Waals surface area contributed by atoms with Gasteiger partial charge >= 0.3 is 6.03 Å². The quantitative estimate of drug-likeness (QED) is 0.675. The van der Waals surface area contributed by atoms with Crippen LogP contribution >= 0.6 is 0 Å². The molecular formula is C22H27N7O2. The molecule has 2 fully saturated rings. The lowest BCUT2D eigenvalue weighted by molar-refractivity contribution is 0.206. The number of ether oxygens (including phenoxy) is 1. The number of benzene rings is 1. The lowest BCUT2D eigenvalue weighted by Crippen LogP contribution is -2.41. The van der Waals surface area contributed by atoms with Crippen molar-refractivity contribution < 1.29 is 9.53 Å². The molecule has 2 amide bonds. The van der Waals surface area contributed by atoms with E-state index >= 15 is 0 Å². The average molecular weight is 422 g/mol. The molecule has 9 nitrogen and oxygen atoms in total. The summed E-state index contributed by atoms with van der Waals surface area (Å²) in [5, 5.41) is 3.07. The first-order valence-electron chi connectivity index (χ1n) is 10.6. The van der Waals surface area contributed by atoms with Crippen molar-refractivity contribution in [3.05, 3.63) is 42.5 Å². The van der Waals surface area contributed by atoms with Crippen molar-refractivity contribution >= 4 is 23.0 Å². The maximum absolute atomic E-state index is 12.6. The van der Waals surface area contributed by atoms with Gasteiger partial charge < -0.3 is 24.4 Å². The van der Waals surface area contributed by atoms with Crippen molar-refractivity contribution in [2.75, 3.05) is 44.7 Å². The number of amides is 2. The van der Waals surface area contributed by atoms with Gasteiger partial charge in [-0.05, 0) is 24.1 Å². The number of hydrogen-bond donors (Lipinski definition) is 1. The largest absolute Gasteiger partial charge is 0.497 e. The Morgan fingerprint density at radius 3 is 2.55 bits per heavy atom. The Morgan fingerprint density at radius 2 is 1.84 bits per heavy atom. The second-order valence-corrected chi connectivity index (χ2v) is 8.39. The summed E-state index contributed by atoms with van der Waals surface area (Å²) in [5.74, 6) is 2.66. The van der Waals surface area contributed by atoms with Crippen LogP contribution < -0.4 is 15.0 Å². The number of nitrogens with zero attached hydrogens (tertiary/aromatic N) is 6. The molecule has 2 aliphatic heterocycles. The molecule has 4 heterocycles. The third kappa shape index (κ3) is 3.75. The number of fused-ring (bicyclic) bond motifs is 2. The van der Waals surface area contributed by atoms with Gasteiger partial charge in [-0.15, -0.1) is 0 Å². The summed E-state index contributed by atoms with van der Waals surface area (Å²) in [5.41, 5.74) is 2.87. The van der Waals surface area contributed by atoms with Crippen LogP contribution in [0.2, 0.25) is 0 Å². The molecule has 162 valence electrons. The number of rotatable bonds is 5. The lowest BCUT2D eigenvalue weighted by atomic mass is 10.0. The van der Waals surface area contributed by atoms with Crippen molar-refractivity contribution in [1.29, 1.82) is 0 Å². The summed E-state index contributed by atoms with van der Waals surface area (Å²) in [6.07, 6.45) is 4.19. The molecule has 1 N–H and O–H groups in total. The summed E-state index contributed by atoms with van der Waals surface area (Å²) in [4.78, 5) is 30.2. The highest BCUT2D eigenvalue weighted by molar-refractivity contribution is 5.83. The minimum absolute atomic E-state index is 0.0311. The number of imidazole rings is 1. The topological polar surface area (TPSA) is 88.4 Å². The second kappa shape index (κ2) is 8.05. The van der Waals surface area contributed by atoms with Gasteiger partial charge in [0.25, 0.3) is 0 Å². The van der Waals surface area contributed by atoms with Gasteiger partial charge in [-0.25, -0.2) is 19.7 Å². The summed E-state index contributed by atoms with van der Waals surface area (Å²) < 4.78 is 7.09. The molecule has 3 aromatic rings. The van der Waals surface area contributed by atoms with E-state index < -0.39 is 0 Å². The highest BCUT2D eigenvalue weighted by Gasteiger charge is 2.42. The van der Waals surface area contributed by atoms with Gasteiger partial charge in [0.1, 0.15) is 12.1 Å². The van der Waals surface area contributed by atoms with Crippen LogP contribution in [-0.4, -0.2) is 70.3 Å². The molecule has 0 spiro atoms. The summed E-state index contributed by atoms with van der Waals surface area (Å²) in [6.45, 7) is 3.98. The molecule has 31 heavy (non-hydrogen) atoms. The van der Waals surface area contributed by atoms with Crippen molar-refractivity contribution in [2.45, 2.75) is 6.42 Å². The first-order valence-corrected chi connectivity index (χ1v) is 10.6. The van der Waals surface area contributed by atoms with E-state index in [4.69, 9.17) is 4.74 Å². The van der Waals surface area contributed by atoms with Gasteiger partial charge in [-0.2, -0.15) is 0 Å². The SMILES string of the molecule is COc1ccc(CCNC(=O)N2CC3CN(c4ncnc5c4ncn5C)CC3C2)cc1. The van der Waals surface area contributed by atoms with Gasteiger partial charge in [0.05, 0.1) is 13.4 Å². The van der Waals surface area contributed by atoms with E-state index in [1.54, 1.807) is 19.8 Å². The Kier molecular flexibility index (Phi) is 5.09. The third-order valence-electron chi connectivity index (χ3n) is 6.40. The van der Waals surface area contributed by atoms with Crippen molar-refractivity contribution in [3.63, 3.8) is 0 Å². The van der Waals surface area contributed by atoms with Crippen LogP contribution in [0.5, 0.6) is 5.75 Å². The zero-order chi connectivity index (χ0) is 21.4.